The van der Waals surface area contributed by atoms with Crippen molar-refractivity contribution in [1.82, 2.24) is 10.2 Å². The van der Waals surface area contributed by atoms with Gasteiger partial charge in [-0.3, -0.25) is 9.59 Å². The fraction of sp³-hybridized carbons (Fsp3) is 0.529. The van der Waals surface area contributed by atoms with Crippen molar-refractivity contribution in [3.8, 4) is 0 Å². The number of carbonyl (C=O) groups excluding carboxylic acids is 2. The molecule has 0 unspecified atom stereocenters. The molecule has 5 nitrogen and oxygen atoms in total. The molecule has 2 aliphatic rings. The molecule has 1 aromatic rings. The number of carbonyl (C=O) groups is 2. The molecule has 3 rings (SSSR count). The third-order valence-electron chi connectivity index (χ3n) is 4.97. The number of hydrogen-bond acceptors (Lipinski definition) is 3. The largest absolute Gasteiger partial charge is 0.339 e. The number of anilines is 1. The third kappa shape index (κ3) is 3.87. The number of benzene rings is 1. The van der Waals surface area contributed by atoms with Crippen LogP contribution < -0.4 is 10.6 Å². The average Bonchev–Trinajstić information content (AvgIpc) is 2.97. The Bertz CT molecular complexity index is 622. The predicted molar refractivity (Wildman–Crippen MR) is 93.0 cm³/mol. The molecule has 2 heterocycles. The molecule has 0 bridgehead atoms. The highest BCUT2D eigenvalue weighted by atomic mass is 35.5. The van der Waals surface area contributed by atoms with Crippen LogP contribution >= 0.6 is 12.4 Å². The molecule has 2 fully saturated rings. The van der Waals surface area contributed by atoms with Crippen molar-refractivity contribution in [2.24, 2.45) is 5.41 Å². The molecule has 24 heavy (non-hydrogen) atoms. The van der Waals surface area contributed by atoms with E-state index < -0.39 is 5.82 Å². The van der Waals surface area contributed by atoms with Gasteiger partial charge in [-0.2, -0.15) is 0 Å². The number of rotatable bonds is 2. The zero-order chi connectivity index (χ0) is 16.4. The van der Waals surface area contributed by atoms with Crippen LogP contribution in [0.1, 0.15) is 36.5 Å². The Labute approximate surface area is 147 Å². The Morgan fingerprint density at radius 1 is 1.25 bits per heavy atom. The summed E-state index contributed by atoms with van der Waals surface area (Å²) in [6.07, 6.45) is 3.19. The summed E-state index contributed by atoms with van der Waals surface area (Å²) in [5, 5.41) is 5.82. The maximum Gasteiger partial charge on any atom is 0.253 e. The van der Waals surface area contributed by atoms with Gasteiger partial charge in [0.1, 0.15) is 5.82 Å². The summed E-state index contributed by atoms with van der Waals surface area (Å²) in [5.74, 6) is -0.995. The smallest absolute Gasteiger partial charge is 0.253 e. The number of hydrogen-bond donors (Lipinski definition) is 2. The minimum absolute atomic E-state index is 0. The summed E-state index contributed by atoms with van der Waals surface area (Å²) in [6.45, 7) is 4.87. The van der Waals surface area contributed by atoms with Gasteiger partial charge in [-0.1, -0.05) is 0 Å². The first-order valence-corrected chi connectivity index (χ1v) is 8.06. The maximum atomic E-state index is 13.7. The zero-order valence-electron chi connectivity index (χ0n) is 13.7. The molecule has 132 valence electrons. The number of nitrogens with zero attached hydrogens (tertiary/aromatic N) is 1. The van der Waals surface area contributed by atoms with Gasteiger partial charge in [0.15, 0.2) is 0 Å². The minimum atomic E-state index is -0.536. The zero-order valence-corrected chi connectivity index (χ0v) is 14.5. The highest BCUT2D eigenvalue weighted by Gasteiger charge is 2.38. The highest BCUT2D eigenvalue weighted by molar-refractivity contribution is 5.97. The molecule has 1 spiro atoms. The van der Waals surface area contributed by atoms with Crippen molar-refractivity contribution < 1.29 is 14.0 Å². The van der Waals surface area contributed by atoms with Crippen molar-refractivity contribution in [3.05, 3.63) is 29.6 Å². The molecule has 0 radical (unpaired) electrons. The van der Waals surface area contributed by atoms with Crippen LogP contribution in [-0.2, 0) is 4.79 Å². The van der Waals surface area contributed by atoms with Gasteiger partial charge in [-0.05, 0) is 49.4 Å². The van der Waals surface area contributed by atoms with Crippen LogP contribution in [0.2, 0.25) is 0 Å². The molecule has 7 heteroatoms. The Morgan fingerprint density at radius 3 is 2.54 bits per heavy atom. The van der Waals surface area contributed by atoms with E-state index >= 15 is 0 Å². The van der Waals surface area contributed by atoms with Crippen LogP contribution in [0, 0.1) is 11.2 Å². The maximum absolute atomic E-state index is 13.7. The van der Waals surface area contributed by atoms with Crippen molar-refractivity contribution in [2.45, 2.75) is 26.2 Å². The minimum Gasteiger partial charge on any atom is -0.339 e. The molecular weight excluding hydrogens is 333 g/mol. The summed E-state index contributed by atoms with van der Waals surface area (Å²) >= 11 is 0. The number of nitrogens with one attached hydrogen (secondary N) is 2. The van der Waals surface area contributed by atoms with Crippen LogP contribution in [0.5, 0.6) is 0 Å². The molecular formula is C17H23ClFN3O2. The molecule has 2 amide bonds. The lowest BCUT2D eigenvalue weighted by Crippen LogP contribution is -2.44. The molecule has 2 N–H and O–H groups in total. The van der Waals surface area contributed by atoms with Gasteiger partial charge in [-0.25, -0.2) is 4.39 Å². The topological polar surface area (TPSA) is 61.4 Å². The standard InChI is InChI=1S/C17H22FN3O2.ClH/c1-12(22)20-15-10-13(2-3-14(15)18)16(23)21-8-5-17(6-9-21)4-7-19-11-17;/h2-3,10,19H,4-9,11H2,1H3,(H,20,22);1H. The number of likely N-dealkylation sites (tertiary alicyclic amines) is 1. The van der Waals surface area contributed by atoms with Crippen LogP contribution in [0.4, 0.5) is 10.1 Å². The van der Waals surface area contributed by atoms with Crippen molar-refractivity contribution in [2.75, 3.05) is 31.5 Å². The van der Waals surface area contributed by atoms with E-state index in [1.807, 2.05) is 4.90 Å². The summed E-state index contributed by atoms with van der Waals surface area (Å²) < 4.78 is 13.7. The first-order valence-electron chi connectivity index (χ1n) is 8.06. The van der Waals surface area contributed by atoms with Gasteiger partial charge in [0.05, 0.1) is 5.69 Å². The van der Waals surface area contributed by atoms with Gasteiger partial charge in [0, 0.05) is 32.1 Å². The molecule has 0 aliphatic carbocycles. The molecule has 0 aromatic heterocycles. The molecule has 2 aliphatic heterocycles. The second kappa shape index (κ2) is 7.49. The van der Waals surface area contributed by atoms with Crippen LogP contribution in [-0.4, -0.2) is 42.9 Å². The lowest BCUT2D eigenvalue weighted by atomic mass is 9.78. The Hall–Kier alpha value is -1.66. The third-order valence-corrected chi connectivity index (χ3v) is 4.97. The first-order chi connectivity index (χ1) is 11.0. The van der Waals surface area contributed by atoms with E-state index in [9.17, 15) is 14.0 Å². The van der Waals surface area contributed by atoms with E-state index in [0.717, 1.165) is 39.0 Å². The number of amides is 2. The Balaban J connectivity index is 0.00000208. The van der Waals surface area contributed by atoms with Gasteiger partial charge in [0.2, 0.25) is 5.91 Å². The van der Waals surface area contributed by atoms with E-state index in [0.29, 0.717) is 11.0 Å². The molecule has 0 saturated carbocycles. The average molecular weight is 356 g/mol. The van der Waals surface area contributed by atoms with E-state index in [1.165, 1.54) is 31.5 Å². The quantitative estimate of drug-likeness (QED) is 0.856. The highest BCUT2D eigenvalue weighted by Crippen LogP contribution is 2.37. The summed E-state index contributed by atoms with van der Waals surface area (Å²) in [7, 11) is 0. The summed E-state index contributed by atoms with van der Waals surface area (Å²) in [4.78, 5) is 25.6. The van der Waals surface area contributed by atoms with E-state index in [4.69, 9.17) is 0 Å². The SMILES string of the molecule is CC(=O)Nc1cc(C(=O)N2CCC3(CCNC3)CC2)ccc1F.Cl. The molecule has 0 atom stereocenters. The van der Waals surface area contributed by atoms with Gasteiger partial charge >= 0.3 is 0 Å². The van der Waals surface area contributed by atoms with Crippen molar-refractivity contribution in [1.29, 1.82) is 0 Å². The fourth-order valence-corrected chi connectivity index (χ4v) is 3.53. The summed E-state index contributed by atoms with van der Waals surface area (Å²) in [5.41, 5.74) is 0.813. The van der Waals surface area contributed by atoms with Crippen LogP contribution in [0.15, 0.2) is 18.2 Å². The molecule has 1 aromatic carbocycles. The molecule has 2 saturated heterocycles. The Kier molecular flexibility index (Phi) is 5.83. The van der Waals surface area contributed by atoms with Crippen molar-refractivity contribution in [3.63, 3.8) is 0 Å². The van der Waals surface area contributed by atoms with E-state index in [-0.39, 0.29) is 29.9 Å². The number of piperidine rings is 1. The second-order valence-electron chi connectivity index (χ2n) is 6.59. The lowest BCUT2D eigenvalue weighted by Gasteiger charge is -2.39. The first kappa shape index (κ1) is 18.7. The lowest BCUT2D eigenvalue weighted by molar-refractivity contribution is -0.114. The Morgan fingerprint density at radius 2 is 1.96 bits per heavy atom. The second-order valence-corrected chi connectivity index (χ2v) is 6.59. The van der Waals surface area contributed by atoms with E-state index in [1.54, 1.807) is 0 Å². The van der Waals surface area contributed by atoms with Crippen LogP contribution in [0.3, 0.4) is 0 Å². The normalized spacial score (nSPS) is 19.0. The van der Waals surface area contributed by atoms with Crippen molar-refractivity contribution >= 4 is 29.9 Å². The van der Waals surface area contributed by atoms with Gasteiger partial charge < -0.3 is 15.5 Å². The van der Waals surface area contributed by atoms with E-state index in [2.05, 4.69) is 10.6 Å². The summed E-state index contributed by atoms with van der Waals surface area (Å²) in [6, 6.07) is 4.12. The monoisotopic (exact) mass is 355 g/mol. The predicted octanol–water partition coefficient (Wildman–Crippen LogP) is 2.42. The van der Waals surface area contributed by atoms with Gasteiger partial charge in [-0.15, -0.1) is 12.4 Å². The van der Waals surface area contributed by atoms with Crippen LogP contribution in [0.25, 0.3) is 0 Å². The fourth-order valence-electron chi connectivity index (χ4n) is 3.53. The van der Waals surface area contributed by atoms with Gasteiger partial charge in [0.25, 0.3) is 5.91 Å². The number of halogens is 2.